The Morgan fingerprint density at radius 3 is 2.05 bits per heavy atom. The van der Waals surface area contributed by atoms with E-state index in [0.29, 0.717) is 4.57 Å². The highest BCUT2D eigenvalue weighted by molar-refractivity contribution is 7.48. The molecule has 0 aliphatic carbocycles. The molecule has 3 atom stereocenters. The van der Waals surface area contributed by atoms with Crippen molar-refractivity contribution in [1.29, 1.82) is 0 Å². The van der Waals surface area contributed by atoms with Crippen LogP contribution in [0.3, 0.4) is 0 Å². The molecule has 37 heavy (non-hydrogen) atoms. The average molecular weight is 570 g/mol. The van der Waals surface area contributed by atoms with Crippen molar-refractivity contribution in [2.75, 3.05) is 12.3 Å². The summed E-state index contributed by atoms with van der Waals surface area (Å²) in [6.07, 6.45) is -4.20. The van der Waals surface area contributed by atoms with Crippen molar-refractivity contribution in [3.05, 3.63) is 22.7 Å². The SMILES string of the molecule is CC(C)(C)OP(=O)(OC[C@H]1O[C@@H](n2ccc(N)nc2=O)C(F)(F)[C@@H]1O[Si](C)(C)C(C)(C)C)OC(C)(C)C. The second-order valence-electron chi connectivity index (χ2n) is 12.7. The molecule has 0 saturated carbocycles. The van der Waals surface area contributed by atoms with Crippen LogP contribution in [0.5, 0.6) is 0 Å². The zero-order chi connectivity index (χ0) is 28.8. The largest absolute Gasteiger partial charge is 0.475 e. The van der Waals surface area contributed by atoms with Gasteiger partial charge in [0.2, 0.25) is 6.23 Å². The van der Waals surface area contributed by atoms with Gasteiger partial charge in [-0.1, -0.05) is 20.8 Å². The van der Waals surface area contributed by atoms with Gasteiger partial charge in [-0.25, -0.2) is 9.36 Å². The Hall–Kier alpha value is -1.21. The topological polar surface area (TPSA) is 124 Å². The lowest BCUT2D eigenvalue weighted by atomic mass is 10.1. The molecule has 0 spiro atoms. The second-order valence-corrected chi connectivity index (χ2v) is 19.0. The number of ether oxygens (including phenoxy) is 1. The minimum absolute atomic E-state index is 0.115. The number of nitrogen functional groups attached to an aromatic ring is 1. The first-order valence-electron chi connectivity index (χ1n) is 12.1. The van der Waals surface area contributed by atoms with Crippen molar-refractivity contribution < 1.29 is 36.1 Å². The molecule has 1 aliphatic heterocycles. The number of phosphoric ester groups is 1. The lowest BCUT2D eigenvalue weighted by Gasteiger charge is -2.40. The average Bonchev–Trinajstić information content (AvgIpc) is 2.86. The highest BCUT2D eigenvalue weighted by atomic mass is 31.2. The normalized spacial score (nSPS) is 23.4. The van der Waals surface area contributed by atoms with E-state index in [1.54, 1.807) is 41.5 Å². The summed E-state index contributed by atoms with van der Waals surface area (Å²) in [5.41, 5.74) is 2.67. The highest BCUT2D eigenvalue weighted by Crippen LogP contribution is 2.56. The summed E-state index contributed by atoms with van der Waals surface area (Å²) >= 11 is 0. The molecule has 2 rings (SSSR count). The number of rotatable bonds is 8. The molecule has 2 N–H and O–H groups in total. The van der Waals surface area contributed by atoms with Crippen LogP contribution in [0, 0.1) is 0 Å². The molecule has 10 nitrogen and oxygen atoms in total. The molecule has 0 radical (unpaired) electrons. The van der Waals surface area contributed by atoms with Gasteiger partial charge in [0.1, 0.15) is 18.0 Å². The first-order chi connectivity index (χ1) is 16.4. The Bertz CT molecular complexity index is 1040. The number of hydrogen-bond acceptors (Lipinski definition) is 9. The number of alkyl halides is 2. The third-order valence-electron chi connectivity index (χ3n) is 5.85. The monoisotopic (exact) mass is 569 g/mol. The summed E-state index contributed by atoms with van der Waals surface area (Å²) in [6.45, 7) is 18.7. The number of nitrogens with zero attached hydrogens (tertiary/aromatic N) is 2. The van der Waals surface area contributed by atoms with E-state index in [1.165, 1.54) is 6.07 Å². The van der Waals surface area contributed by atoms with Crippen molar-refractivity contribution in [2.24, 2.45) is 0 Å². The summed E-state index contributed by atoms with van der Waals surface area (Å²) in [7, 11) is -7.02. The van der Waals surface area contributed by atoms with E-state index in [4.69, 9.17) is 28.5 Å². The van der Waals surface area contributed by atoms with Gasteiger partial charge in [0, 0.05) is 6.20 Å². The fourth-order valence-corrected chi connectivity index (χ4v) is 6.36. The third kappa shape index (κ3) is 8.14. The van der Waals surface area contributed by atoms with E-state index in [1.807, 2.05) is 33.9 Å². The summed E-state index contributed by atoms with van der Waals surface area (Å²) in [5, 5.41) is -0.411. The lowest BCUT2D eigenvalue weighted by Crippen LogP contribution is -2.52. The number of phosphoric acid groups is 1. The van der Waals surface area contributed by atoms with Gasteiger partial charge in [-0.05, 0) is 65.7 Å². The standard InChI is InChI=1S/C23H42F2N3O7PSi/c1-20(2,3)34-36(30,35-21(4,5)6)31-14-15-17(33-37(10,11)22(7,8)9)23(24,25)18(32-15)28-13-12-16(26)27-19(28)29/h12-13,15,17-18H,14H2,1-11H3,(H2,26,27,29)/t15-,17-,18-/m1/s1. The van der Waals surface area contributed by atoms with Crippen LogP contribution < -0.4 is 11.4 Å². The van der Waals surface area contributed by atoms with Gasteiger partial charge in [-0.15, -0.1) is 0 Å². The molecule has 0 amide bonds. The van der Waals surface area contributed by atoms with Gasteiger partial charge in [0.05, 0.1) is 17.8 Å². The fraction of sp³-hybridized carbons (Fsp3) is 0.826. The first-order valence-corrected chi connectivity index (χ1v) is 16.5. The van der Waals surface area contributed by atoms with Crippen LogP contribution in [0.4, 0.5) is 14.6 Å². The predicted octanol–water partition coefficient (Wildman–Crippen LogP) is 5.50. The first kappa shape index (κ1) is 32.0. The molecule has 1 aliphatic rings. The van der Waals surface area contributed by atoms with E-state index < -0.39 is 69.0 Å². The lowest BCUT2D eigenvalue weighted by molar-refractivity contribution is -0.138. The van der Waals surface area contributed by atoms with Gasteiger partial charge in [-0.2, -0.15) is 13.8 Å². The van der Waals surface area contributed by atoms with Gasteiger partial charge >= 0.3 is 19.4 Å². The van der Waals surface area contributed by atoms with Crippen LogP contribution in [0.15, 0.2) is 17.1 Å². The third-order valence-corrected chi connectivity index (χ3v) is 12.3. The quantitative estimate of drug-likeness (QED) is 0.319. The maximum atomic E-state index is 15.9. The van der Waals surface area contributed by atoms with Crippen molar-refractivity contribution in [2.45, 2.75) is 116 Å². The van der Waals surface area contributed by atoms with E-state index in [-0.39, 0.29) is 5.82 Å². The molecule has 2 heterocycles. The van der Waals surface area contributed by atoms with Crippen LogP contribution >= 0.6 is 7.82 Å². The Morgan fingerprint density at radius 1 is 1.11 bits per heavy atom. The Balaban J connectivity index is 2.48. The van der Waals surface area contributed by atoms with Crippen molar-refractivity contribution in [1.82, 2.24) is 9.55 Å². The maximum Gasteiger partial charge on any atom is 0.475 e. The maximum absolute atomic E-state index is 15.9. The van der Waals surface area contributed by atoms with Gasteiger partial charge in [-0.3, -0.25) is 18.1 Å². The minimum Gasteiger partial charge on any atom is -0.405 e. The summed E-state index contributed by atoms with van der Waals surface area (Å²) < 4.78 is 74.7. The van der Waals surface area contributed by atoms with Crippen LogP contribution in [0.25, 0.3) is 0 Å². The molecule has 1 aromatic rings. The molecule has 1 saturated heterocycles. The fourth-order valence-electron chi connectivity index (χ4n) is 3.25. The second kappa shape index (κ2) is 10.4. The van der Waals surface area contributed by atoms with E-state index in [9.17, 15) is 9.36 Å². The molecule has 0 unspecified atom stereocenters. The Morgan fingerprint density at radius 2 is 1.62 bits per heavy atom. The molecule has 1 aromatic heterocycles. The number of aromatic nitrogens is 2. The van der Waals surface area contributed by atoms with Crippen molar-refractivity contribution in [3.8, 4) is 0 Å². The van der Waals surface area contributed by atoms with E-state index in [2.05, 4.69) is 4.98 Å². The van der Waals surface area contributed by atoms with Crippen molar-refractivity contribution in [3.63, 3.8) is 0 Å². The summed E-state index contributed by atoms with van der Waals surface area (Å²) in [5.74, 6) is -3.79. The predicted molar refractivity (Wildman–Crippen MR) is 139 cm³/mol. The van der Waals surface area contributed by atoms with E-state index >= 15 is 8.78 Å². The van der Waals surface area contributed by atoms with Gasteiger partial charge in [0.15, 0.2) is 8.32 Å². The molecule has 1 fully saturated rings. The van der Waals surface area contributed by atoms with Crippen LogP contribution in [-0.4, -0.2) is 53.8 Å². The number of hydrogen-bond donors (Lipinski definition) is 1. The molecule has 14 heteroatoms. The summed E-state index contributed by atoms with van der Waals surface area (Å²) in [6, 6.07) is 1.22. The number of halogens is 2. The molecule has 0 aromatic carbocycles. The smallest absolute Gasteiger partial charge is 0.405 e. The minimum atomic E-state index is -4.24. The number of nitrogens with two attached hydrogens (primary N) is 1. The highest BCUT2D eigenvalue weighted by Gasteiger charge is 2.63. The molecular weight excluding hydrogens is 527 g/mol. The van der Waals surface area contributed by atoms with Gasteiger partial charge < -0.3 is 14.9 Å². The van der Waals surface area contributed by atoms with Crippen molar-refractivity contribution >= 4 is 22.0 Å². The molecule has 0 bridgehead atoms. The van der Waals surface area contributed by atoms with Crippen LogP contribution in [0.2, 0.25) is 18.1 Å². The van der Waals surface area contributed by atoms with Gasteiger partial charge in [0.25, 0.3) is 0 Å². The molecule has 214 valence electrons. The molecular formula is C23H42F2N3O7PSi. The summed E-state index contributed by atoms with van der Waals surface area (Å²) in [4.78, 5) is 16.0. The zero-order valence-corrected chi connectivity index (χ0v) is 25.5. The van der Waals surface area contributed by atoms with Crippen LogP contribution in [0.1, 0.15) is 68.5 Å². The zero-order valence-electron chi connectivity index (χ0n) is 23.6. The van der Waals surface area contributed by atoms with E-state index in [0.717, 1.165) is 6.20 Å². The number of anilines is 1. The Labute approximate surface area is 218 Å². The van der Waals surface area contributed by atoms with Crippen LogP contribution in [-0.2, 0) is 27.3 Å². The Kier molecular flexibility index (Phi) is 9.00.